The second kappa shape index (κ2) is 6.41. The lowest BCUT2D eigenvalue weighted by Crippen LogP contribution is -2.42. The van der Waals surface area contributed by atoms with Crippen LogP contribution >= 0.6 is 11.8 Å². The van der Waals surface area contributed by atoms with Crippen LogP contribution in [0.2, 0.25) is 0 Å². The molecule has 0 unspecified atom stereocenters. The van der Waals surface area contributed by atoms with Crippen molar-refractivity contribution in [3.63, 3.8) is 0 Å². The van der Waals surface area contributed by atoms with Crippen molar-refractivity contribution in [2.45, 2.75) is 57.1 Å². The number of nitrogens with zero attached hydrogens (tertiary/aromatic N) is 3. The van der Waals surface area contributed by atoms with Crippen LogP contribution in [0, 0.1) is 0 Å². The third-order valence-corrected chi connectivity index (χ3v) is 4.31. The van der Waals surface area contributed by atoms with Crippen LogP contribution < -0.4 is 0 Å². The molecule has 0 radical (unpaired) electrons. The van der Waals surface area contributed by atoms with Gasteiger partial charge in [-0.15, -0.1) is 5.10 Å². The predicted molar refractivity (Wildman–Crippen MR) is 76.2 cm³/mol. The van der Waals surface area contributed by atoms with Gasteiger partial charge in [-0.3, -0.25) is 9.89 Å². The number of nitrogens with one attached hydrogen (secondary N) is 1. The smallest absolute Gasteiger partial charge is 0.233 e. The van der Waals surface area contributed by atoms with Crippen LogP contribution in [0.25, 0.3) is 0 Å². The normalized spacial score (nSPS) is 20.0. The van der Waals surface area contributed by atoms with Gasteiger partial charge in [0.2, 0.25) is 11.1 Å². The van der Waals surface area contributed by atoms with E-state index >= 15 is 0 Å². The monoisotopic (exact) mass is 282 g/mol. The van der Waals surface area contributed by atoms with Gasteiger partial charge in [0.1, 0.15) is 5.82 Å². The first-order valence-electron chi connectivity index (χ1n) is 6.92. The van der Waals surface area contributed by atoms with Crippen molar-refractivity contribution < 1.29 is 4.79 Å². The number of H-pyrrole nitrogens is 1. The fraction of sp³-hybridized carbons (Fsp3) is 0.769. The van der Waals surface area contributed by atoms with Crippen molar-refractivity contribution in [1.82, 2.24) is 20.1 Å². The lowest BCUT2D eigenvalue weighted by atomic mass is 10.0. The molecule has 5 nitrogen and oxygen atoms in total. The van der Waals surface area contributed by atoms with Crippen molar-refractivity contribution in [3.8, 4) is 0 Å². The number of piperidine rings is 1. The van der Waals surface area contributed by atoms with Crippen molar-refractivity contribution in [2.75, 3.05) is 12.3 Å². The largest absolute Gasteiger partial charge is 0.339 e. The number of hydrogen-bond donors (Lipinski definition) is 1. The SMILES string of the molecule is CC(C)c1nc(SCC(=O)N2CCCC[C@H]2C)n[nH]1. The molecule has 6 heteroatoms. The molecule has 1 aromatic rings. The summed E-state index contributed by atoms with van der Waals surface area (Å²) in [5, 5.41) is 7.71. The summed E-state index contributed by atoms with van der Waals surface area (Å²) in [4.78, 5) is 18.5. The molecule has 106 valence electrons. The van der Waals surface area contributed by atoms with E-state index in [-0.39, 0.29) is 5.91 Å². The molecule has 2 rings (SSSR count). The molecule has 1 aliphatic rings. The van der Waals surface area contributed by atoms with Crippen molar-refractivity contribution >= 4 is 17.7 Å². The van der Waals surface area contributed by atoms with E-state index in [0.717, 1.165) is 25.2 Å². The molecule has 19 heavy (non-hydrogen) atoms. The maximum absolute atomic E-state index is 12.2. The maximum Gasteiger partial charge on any atom is 0.233 e. The Bertz CT molecular complexity index is 432. The highest BCUT2D eigenvalue weighted by molar-refractivity contribution is 7.99. The Kier molecular flexibility index (Phi) is 4.85. The molecule has 0 aromatic carbocycles. The minimum Gasteiger partial charge on any atom is -0.339 e. The number of rotatable bonds is 4. The molecule has 0 aliphatic carbocycles. The molecule has 1 aliphatic heterocycles. The molecule has 0 saturated carbocycles. The van der Waals surface area contributed by atoms with E-state index in [9.17, 15) is 4.79 Å². The van der Waals surface area contributed by atoms with E-state index in [1.807, 2.05) is 4.90 Å². The van der Waals surface area contributed by atoms with Crippen molar-refractivity contribution in [3.05, 3.63) is 5.82 Å². The molecule has 0 bridgehead atoms. The summed E-state index contributed by atoms with van der Waals surface area (Å²) in [6, 6.07) is 0.375. The van der Waals surface area contributed by atoms with Gasteiger partial charge in [-0.25, -0.2) is 4.98 Å². The highest BCUT2D eigenvalue weighted by atomic mass is 32.2. The highest BCUT2D eigenvalue weighted by Gasteiger charge is 2.23. The molecular weight excluding hydrogens is 260 g/mol. The van der Waals surface area contributed by atoms with E-state index in [1.54, 1.807) is 0 Å². The Hall–Kier alpha value is -1.04. The summed E-state index contributed by atoms with van der Waals surface area (Å²) in [6.07, 6.45) is 3.48. The first kappa shape index (κ1) is 14.4. The Morgan fingerprint density at radius 3 is 2.95 bits per heavy atom. The standard InChI is InChI=1S/C13H22N4OS/c1-9(2)12-14-13(16-15-12)19-8-11(18)17-7-5-4-6-10(17)3/h9-10H,4-8H2,1-3H3,(H,14,15,16)/t10-/m1/s1. The van der Waals surface area contributed by atoms with Gasteiger partial charge in [0.25, 0.3) is 0 Å². The number of thioether (sulfide) groups is 1. The van der Waals surface area contributed by atoms with E-state index in [2.05, 4.69) is 36.0 Å². The number of carbonyl (C=O) groups excluding carboxylic acids is 1. The summed E-state index contributed by atoms with van der Waals surface area (Å²) in [5.74, 6) is 1.84. The summed E-state index contributed by atoms with van der Waals surface area (Å²) in [5.41, 5.74) is 0. The maximum atomic E-state index is 12.2. The van der Waals surface area contributed by atoms with Gasteiger partial charge >= 0.3 is 0 Å². The first-order chi connectivity index (χ1) is 9.08. The van der Waals surface area contributed by atoms with Gasteiger partial charge in [0.15, 0.2) is 0 Å². The van der Waals surface area contributed by atoms with Gasteiger partial charge < -0.3 is 4.90 Å². The van der Waals surface area contributed by atoms with Gasteiger partial charge in [0.05, 0.1) is 5.75 Å². The Morgan fingerprint density at radius 1 is 1.53 bits per heavy atom. The van der Waals surface area contributed by atoms with Gasteiger partial charge in [-0.05, 0) is 26.2 Å². The zero-order valence-corrected chi connectivity index (χ0v) is 12.7. The third kappa shape index (κ3) is 3.72. The van der Waals surface area contributed by atoms with Crippen LogP contribution in [-0.2, 0) is 4.79 Å². The van der Waals surface area contributed by atoms with E-state index in [0.29, 0.717) is 22.9 Å². The summed E-state index contributed by atoms with van der Waals surface area (Å²) >= 11 is 1.42. The second-order valence-corrected chi connectivity index (χ2v) is 6.32. The minimum absolute atomic E-state index is 0.202. The molecule has 1 aromatic heterocycles. The van der Waals surface area contributed by atoms with Gasteiger partial charge in [-0.1, -0.05) is 25.6 Å². The average Bonchev–Trinajstić information content (AvgIpc) is 2.85. The minimum atomic E-state index is 0.202. The van der Waals surface area contributed by atoms with Crippen LogP contribution in [0.1, 0.15) is 51.8 Å². The highest BCUT2D eigenvalue weighted by Crippen LogP contribution is 2.20. The van der Waals surface area contributed by atoms with Crippen LogP contribution in [0.3, 0.4) is 0 Å². The first-order valence-corrected chi connectivity index (χ1v) is 7.91. The number of amides is 1. The lowest BCUT2D eigenvalue weighted by molar-refractivity contribution is -0.131. The molecule has 0 spiro atoms. The molecular formula is C13H22N4OS. The number of hydrogen-bond acceptors (Lipinski definition) is 4. The second-order valence-electron chi connectivity index (χ2n) is 5.38. The zero-order valence-electron chi connectivity index (χ0n) is 11.8. The van der Waals surface area contributed by atoms with Crippen LogP contribution in [-0.4, -0.2) is 44.3 Å². The predicted octanol–water partition coefficient (Wildman–Crippen LogP) is 2.42. The van der Waals surface area contributed by atoms with Crippen LogP contribution in [0.15, 0.2) is 5.16 Å². The fourth-order valence-electron chi connectivity index (χ4n) is 2.26. The van der Waals surface area contributed by atoms with Crippen LogP contribution in [0.4, 0.5) is 0 Å². The molecule has 2 heterocycles. The summed E-state index contributed by atoms with van der Waals surface area (Å²) in [6.45, 7) is 7.15. The Morgan fingerprint density at radius 2 is 2.32 bits per heavy atom. The summed E-state index contributed by atoms with van der Waals surface area (Å²) < 4.78 is 0. The van der Waals surface area contributed by atoms with E-state index in [4.69, 9.17) is 0 Å². The average molecular weight is 282 g/mol. The number of aromatic nitrogens is 3. The van der Waals surface area contributed by atoms with E-state index in [1.165, 1.54) is 18.2 Å². The third-order valence-electron chi connectivity index (χ3n) is 3.48. The topological polar surface area (TPSA) is 61.9 Å². The molecule has 1 amide bonds. The quantitative estimate of drug-likeness (QED) is 0.862. The van der Waals surface area contributed by atoms with Crippen LogP contribution in [0.5, 0.6) is 0 Å². The summed E-state index contributed by atoms with van der Waals surface area (Å²) in [7, 11) is 0. The number of aromatic amines is 1. The van der Waals surface area contributed by atoms with Gasteiger partial charge in [0, 0.05) is 18.5 Å². The Labute approximate surface area is 118 Å². The van der Waals surface area contributed by atoms with Crippen molar-refractivity contribution in [2.24, 2.45) is 0 Å². The fourth-order valence-corrected chi connectivity index (χ4v) is 2.95. The van der Waals surface area contributed by atoms with E-state index < -0.39 is 0 Å². The van der Waals surface area contributed by atoms with Crippen molar-refractivity contribution in [1.29, 1.82) is 0 Å². The molecule has 1 N–H and O–H groups in total. The lowest BCUT2D eigenvalue weighted by Gasteiger charge is -2.33. The number of likely N-dealkylation sites (tertiary alicyclic amines) is 1. The molecule has 1 atom stereocenters. The Balaban J connectivity index is 1.85. The zero-order chi connectivity index (χ0) is 13.8. The van der Waals surface area contributed by atoms with Gasteiger partial charge in [-0.2, -0.15) is 0 Å². The number of carbonyl (C=O) groups is 1. The molecule has 1 saturated heterocycles. The molecule has 1 fully saturated rings.